The van der Waals surface area contributed by atoms with Crippen molar-refractivity contribution in [3.63, 3.8) is 0 Å². The molecule has 0 bridgehead atoms. The van der Waals surface area contributed by atoms with Crippen LogP contribution in [0, 0.1) is 0 Å². The third kappa shape index (κ3) is 1.77. The number of rotatable bonds is 1. The number of likely N-dealkylation sites (N-methyl/N-ethyl adjacent to an activating group) is 1. The number of carbonyl (C=O) groups is 1. The molecule has 2 heterocycles. The maximum Gasteiger partial charge on any atom is 0.236 e. The van der Waals surface area contributed by atoms with E-state index in [0.717, 1.165) is 13.1 Å². The fraction of sp³-hybridized carbons (Fsp3) is 0.900. The Morgan fingerprint density at radius 2 is 2.29 bits per heavy atom. The summed E-state index contributed by atoms with van der Waals surface area (Å²) in [6, 6.07) is 0.480. The Kier molecular flexibility index (Phi) is 2.74. The molecule has 2 rings (SSSR count). The molecule has 2 aliphatic rings. The Bertz CT molecular complexity index is 225. The van der Waals surface area contributed by atoms with Crippen LogP contribution in [-0.2, 0) is 4.79 Å². The lowest BCUT2D eigenvalue weighted by Gasteiger charge is -2.41. The number of piperazine rings is 1. The SMILES string of the molecule is CC1CN(C)C(=O)CN1C1CCCN1. The van der Waals surface area contributed by atoms with Gasteiger partial charge in [0.1, 0.15) is 0 Å². The van der Waals surface area contributed by atoms with E-state index in [9.17, 15) is 4.79 Å². The molecule has 2 unspecified atom stereocenters. The molecule has 80 valence electrons. The molecule has 0 aromatic carbocycles. The van der Waals surface area contributed by atoms with Crippen LogP contribution in [0.15, 0.2) is 0 Å². The van der Waals surface area contributed by atoms with Gasteiger partial charge in [-0.15, -0.1) is 0 Å². The molecule has 0 aromatic rings. The van der Waals surface area contributed by atoms with Crippen LogP contribution in [0.3, 0.4) is 0 Å². The second kappa shape index (κ2) is 3.87. The van der Waals surface area contributed by atoms with Crippen LogP contribution in [0.2, 0.25) is 0 Å². The summed E-state index contributed by atoms with van der Waals surface area (Å²) in [6.45, 7) is 4.73. The van der Waals surface area contributed by atoms with Gasteiger partial charge in [-0.05, 0) is 26.3 Å². The molecule has 4 nitrogen and oxygen atoms in total. The van der Waals surface area contributed by atoms with Crippen LogP contribution in [0.1, 0.15) is 19.8 Å². The first kappa shape index (κ1) is 9.93. The molecule has 2 aliphatic heterocycles. The largest absolute Gasteiger partial charge is 0.343 e. The molecule has 2 atom stereocenters. The second-order valence-corrected chi connectivity index (χ2v) is 4.41. The topological polar surface area (TPSA) is 35.6 Å². The molecular weight excluding hydrogens is 178 g/mol. The summed E-state index contributed by atoms with van der Waals surface area (Å²) in [6.07, 6.45) is 2.85. The minimum absolute atomic E-state index is 0.247. The standard InChI is InChI=1S/C10H19N3O/c1-8-6-12(2)10(14)7-13(8)9-4-3-5-11-9/h8-9,11H,3-7H2,1-2H3. The third-order valence-corrected chi connectivity index (χ3v) is 3.28. The lowest BCUT2D eigenvalue weighted by molar-refractivity contribution is -0.138. The zero-order valence-electron chi connectivity index (χ0n) is 8.99. The summed E-state index contributed by atoms with van der Waals surface area (Å²) in [4.78, 5) is 15.7. The quantitative estimate of drug-likeness (QED) is 0.635. The first-order valence-electron chi connectivity index (χ1n) is 5.41. The van der Waals surface area contributed by atoms with Gasteiger partial charge in [-0.25, -0.2) is 0 Å². The van der Waals surface area contributed by atoms with Crippen LogP contribution < -0.4 is 5.32 Å². The average Bonchev–Trinajstić information content (AvgIpc) is 2.64. The van der Waals surface area contributed by atoms with E-state index in [1.54, 1.807) is 0 Å². The van der Waals surface area contributed by atoms with Gasteiger partial charge in [0.15, 0.2) is 0 Å². The van der Waals surface area contributed by atoms with Gasteiger partial charge in [0, 0.05) is 19.6 Å². The van der Waals surface area contributed by atoms with Gasteiger partial charge in [-0.3, -0.25) is 9.69 Å². The van der Waals surface area contributed by atoms with Gasteiger partial charge in [0.05, 0.1) is 12.7 Å². The van der Waals surface area contributed by atoms with Crippen molar-refractivity contribution in [2.24, 2.45) is 0 Å². The lowest BCUT2D eigenvalue weighted by atomic mass is 10.1. The van der Waals surface area contributed by atoms with Crippen LogP contribution in [-0.4, -0.2) is 54.6 Å². The number of hydrogen-bond acceptors (Lipinski definition) is 3. The van der Waals surface area contributed by atoms with E-state index in [1.165, 1.54) is 12.8 Å². The number of carbonyl (C=O) groups excluding carboxylic acids is 1. The fourth-order valence-electron chi connectivity index (χ4n) is 2.40. The molecule has 0 radical (unpaired) electrons. The van der Waals surface area contributed by atoms with Gasteiger partial charge in [-0.2, -0.15) is 0 Å². The normalized spacial score (nSPS) is 35.3. The summed E-state index contributed by atoms with van der Waals surface area (Å²) in [5, 5.41) is 3.45. The van der Waals surface area contributed by atoms with Crippen molar-refractivity contribution >= 4 is 5.91 Å². The average molecular weight is 197 g/mol. The third-order valence-electron chi connectivity index (χ3n) is 3.28. The molecular formula is C10H19N3O. The molecule has 2 fully saturated rings. The highest BCUT2D eigenvalue weighted by molar-refractivity contribution is 5.78. The molecule has 0 aromatic heterocycles. The summed E-state index contributed by atoms with van der Waals surface area (Å²) in [5.74, 6) is 0.247. The Morgan fingerprint density at radius 1 is 1.50 bits per heavy atom. The minimum Gasteiger partial charge on any atom is -0.343 e. The highest BCUT2D eigenvalue weighted by atomic mass is 16.2. The number of hydrogen-bond donors (Lipinski definition) is 1. The summed E-state index contributed by atoms with van der Waals surface area (Å²) >= 11 is 0. The molecule has 14 heavy (non-hydrogen) atoms. The maximum absolute atomic E-state index is 11.6. The summed E-state index contributed by atoms with van der Waals surface area (Å²) in [7, 11) is 1.89. The van der Waals surface area contributed by atoms with Gasteiger partial charge < -0.3 is 10.2 Å². The van der Waals surface area contributed by atoms with E-state index < -0.39 is 0 Å². The predicted molar refractivity (Wildman–Crippen MR) is 54.8 cm³/mol. The Hall–Kier alpha value is -0.610. The predicted octanol–water partition coefficient (Wildman–Crippen LogP) is -0.142. The molecule has 0 spiro atoms. The lowest BCUT2D eigenvalue weighted by Crippen LogP contribution is -2.59. The number of amides is 1. The summed E-state index contributed by atoms with van der Waals surface area (Å²) < 4.78 is 0. The number of nitrogens with one attached hydrogen (secondary N) is 1. The highest BCUT2D eigenvalue weighted by Crippen LogP contribution is 2.17. The second-order valence-electron chi connectivity index (χ2n) is 4.41. The number of nitrogens with zero attached hydrogens (tertiary/aromatic N) is 2. The van der Waals surface area contributed by atoms with Crippen molar-refractivity contribution < 1.29 is 4.79 Å². The van der Waals surface area contributed by atoms with Crippen molar-refractivity contribution in [2.45, 2.75) is 32.0 Å². The molecule has 1 N–H and O–H groups in total. The van der Waals surface area contributed by atoms with Crippen molar-refractivity contribution in [3.05, 3.63) is 0 Å². The molecule has 2 saturated heterocycles. The molecule has 0 aliphatic carbocycles. The molecule has 1 amide bonds. The smallest absolute Gasteiger partial charge is 0.236 e. The zero-order valence-corrected chi connectivity index (χ0v) is 8.99. The van der Waals surface area contributed by atoms with Gasteiger partial charge in [-0.1, -0.05) is 0 Å². The van der Waals surface area contributed by atoms with Crippen LogP contribution in [0.25, 0.3) is 0 Å². The van der Waals surface area contributed by atoms with Crippen molar-refractivity contribution in [3.8, 4) is 0 Å². The first-order chi connectivity index (χ1) is 6.68. The van der Waals surface area contributed by atoms with E-state index in [4.69, 9.17) is 0 Å². The molecule has 0 saturated carbocycles. The Balaban J connectivity index is 2.00. The minimum atomic E-state index is 0.247. The first-order valence-corrected chi connectivity index (χ1v) is 5.41. The van der Waals surface area contributed by atoms with Crippen LogP contribution in [0.4, 0.5) is 0 Å². The molecule has 4 heteroatoms. The van der Waals surface area contributed by atoms with E-state index in [1.807, 2.05) is 11.9 Å². The Labute approximate surface area is 85.2 Å². The van der Waals surface area contributed by atoms with Gasteiger partial charge in [0.2, 0.25) is 5.91 Å². The van der Waals surface area contributed by atoms with Crippen molar-refractivity contribution in [1.82, 2.24) is 15.1 Å². The monoisotopic (exact) mass is 197 g/mol. The zero-order chi connectivity index (χ0) is 10.1. The fourth-order valence-corrected chi connectivity index (χ4v) is 2.40. The van der Waals surface area contributed by atoms with E-state index >= 15 is 0 Å². The van der Waals surface area contributed by atoms with E-state index in [2.05, 4.69) is 17.1 Å². The summed E-state index contributed by atoms with van der Waals surface area (Å²) in [5.41, 5.74) is 0. The van der Waals surface area contributed by atoms with Crippen LogP contribution in [0.5, 0.6) is 0 Å². The van der Waals surface area contributed by atoms with Gasteiger partial charge >= 0.3 is 0 Å². The Morgan fingerprint density at radius 3 is 2.93 bits per heavy atom. The van der Waals surface area contributed by atoms with Crippen molar-refractivity contribution in [1.29, 1.82) is 0 Å². The van der Waals surface area contributed by atoms with Crippen LogP contribution >= 0.6 is 0 Å². The van der Waals surface area contributed by atoms with Crippen molar-refractivity contribution in [2.75, 3.05) is 26.7 Å². The highest BCUT2D eigenvalue weighted by Gasteiger charge is 2.33. The van der Waals surface area contributed by atoms with E-state index in [-0.39, 0.29) is 5.91 Å². The van der Waals surface area contributed by atoms with E-state index in [0.29, 0.717) is 18.8 Å². The maximum atomic E-state index is 11.6. The van der Waals surface area contributed by atoms with Gasteiger partial charge in [0.25, 0.3) is 0 Å².